The first kappa shape index (κ1) is 12.5. The number of carboxylic acids is 1. The van der Waals surface area contributed by atoms with Crippen LogP contribution in [-0.2, 0) is 7.05 Å². The molecule has 2 aromatic rings. The summed E-state index contributed by atoms with van der Waals surface area (Å²) in [5.41, 5.74) is 2.03. The highest BCUT2D eigenvalue weighted by molar-refractivity contribution is 6.00. The van der Waals surface area contributed by atoms with E-state index in [9.17, 15) is 9.90 Å². The van der Waals surface area contributed by atoms with E-state index in [0.717, 1.165) is 16.5 Å². The molecular weight excluding hydrogens is 230 g/mol. The molecule has 0 unspecified atom stereocenters. The van der Waals surface area contributed by atoms with Crippen LogP contribution in [0.15, 0.2) is 18.2 Å². The van der Waals surface area contributed by atoms with Gasteiger partial charge in [-0.1, -0.05) is 26.0 Å². The molecule has 0 saturated carbocycles. The van der Waals surface area contributed by atoms with Gasteiger partial charge in [0.25, 0.3) is 0 Å². The Labute approximate surface area is 106 Å². The molecular formula is C14H17NO3. The van der Waals surface area contributed by atoms with Crippen molar-refractivity contribution in [2.45, 2.75) is 19.8 Å². The summed E-state index contributed by atoms with van der Waals surface area (Å²) in [6, 6.07) is 5.68. The maximum Gasteiger partial charge on any atom is 0.352 e. The van der Waals surface area contributed by atoms with Crippen LogP contribution < -0.4 is 4.74 Å². The molecule has 0 aliphatic carbocycles. The number of hydrogen-bond acceptors (Lipinski definition) is 2. The number of rotatable bonds is 3. The van der Waals surface area contributed by atoms with Crippen LogP contribution in [-0.4, -0.2) is 22.8 Å². The van der Waals surface area contributed by atoms with Gasteiger partial charge in [-0.25, -0.2) is 4.79 Å². The minimum atomic E-state index is -0.903. The van der Waals surface area contributed by atoms with E-state index in [1.807, 2.05) is 32.0 Å². The van der Waals surface area contributed by atoms with Crippen LogP contribution in [0.3, 0.4) is 0 Å². The van der Waals surface area contributed by atoms with E-state index in [-0.39, 0.29) is 5.92 Å². The van der Waals surface area contributed by atoms with Crippen LogP contribution in [0.2, 0.25) is 0 Å². The SMILES string of the molecule is COc1cccc2c(C(C)C)c(C(=O)O)n(C)c12. The molecule has 4 nitrogen and oxygen atoms in total. The first-order valence-electron chi connectivity index (χ1n) is 5.87. The Kier molecular flexibility index (Phi) is 3.03. The predicted molar refractivity (Wildman–Crippen MR) is 70.5 cm³/mol. The molecule has 0 spiro atoms. The lowest BCUT2D eigenvalue weighted by atomic mass is 9.99. The summed E-state index contributed by atoms with van der Waals surface area (Å²) in [7, 11) is 3.36. The van der Waals surface area contributed by atoms with E-state index in [2.05, 4.69) is 0 Å². The number of aromatic nitrogens is 1. The number of para-hydroxylation sites is 1. The van der Waals surface area contributed by atoms with E-state index in [4.69, 9.17) is 4.74 Å². The third-order valence-electron chi connectivity index (χ3n) is 3.21. The average molecular weight is 247 g/mol. The van der Waals surface area contributed by atoms with Crippen molar-refractivity contribution >= 4 is 16.9 Å². The molecule has 0 atom stereocenters. The predicted octanol–water partition coefficient (Wildman–Crippen LogP) is 3.01. The number of aromatic carboxylic acids is 1. The Hall–Kier alpha value is -1.97. The Bertz CT molecular complexity index is 611. The molecule has 2 rings (SSSR count). The monoisotopic (exact) mass is 247 g/mol. The third kappa shape index (κ3) is 1.65. The van der Waals surface area contributed by atoms with Crippen LogP contribution in [0, 0.1) is 0 Å². The number of methoxy groups -OCH3 is 1. The summed E-state index contributed by atoms with van der Waals surface area (Å²) in [6.07, 6.45) is 0. The summed E-state index contributed by atoms with van der Waals surface area (Å²) >= 11 is 0. The quantitative estimate of drug-likeness (QED) is 0.907. The second-order valence-corrected chi connectivity index (χ2v) is 4.64. The van der Waals surface area contributed by atoms with Crippen molar-refractivity contribution in [3.63, 3.8) is 0 Å². The smallest absolute Gasteiger partial charge is 0.352 e. The standard InChI is InChI=1S/C14H17NO3/c1-8(2)11-9-6-5-7-10(18-4)12(9)15(3)13(11)14(16)17/h5-8H,1-4H3,(H,16,17). The van der Waals surface area contributed by atoms with Gasteiger partial charge < -0.3 is 14.4 Å². The summed E-state index contributed by atoms with van der Waals surface area (Å²) in [6.45, 7) is 4.00. The summed E-state index contributed by atoms with van der Waals surface area (Å²) < 4.78 is 7.02. The molecule has 0 aliphatic heterocycles. The van der Waals surface area contributed by atoms with Gasteiger partial charge in [0, 0.05) is 12.4 Å². The van der Waals surface area contributed by atoms with E-state index >= 15 is 0 Å². The highest BCUT2D eigenvalue weighted by atomic mass is 16.5. The number of aryl methyl sites for hydroxylation is 1. The number of carbonyl (C=O) groups is 1. The number of ether oxygens (including phenoxy) is 1. The maximum atomic E-state index is 11.5. The van der Waals surface area contributed by atoms with Crippen molar-refractivity contribution in [1.82, 2.24) is 4.57 Å². The van der Waals surface area contributed by atoms with Crippen LogP contribution in [0.1, 0.15) is 35.8 Å². The van der Waals surface area contributed by atoms with Gasteiger partial charge >= 0.3 is 5.97 Å². The Morgan fingerprint density at radius 1 is 1.39 bits per heavy atom. The Balaban J connectivity index is 2.96. The molecule has 1 N–H and O–H groups in total. The fourth-order valence-electron chi connectivity index (χ4n) is 2.51. The average Bonchev–Trinajstić information content (AvgIpc) is 2.63. The summed E-state index contributed by atoms with van der Waals surface area (Å²) in [4.78, 5) is 11.5. The van der Waals surface area contributed by atoms with Gasteiger partial charge in [0.2, 0.25) is 0 Å². The molecule has 1 aromatic heterocycles. The van der Waals surface area contributed by atoms with Crippen molar-refractivity contribution in [3.8, 4) is 5.75 Å². The van der Waals surface area contributed by atoms with E-state index in [1.54, 1.807) is 18.7 Å². The van der Waals surface area contributed by atoms with Gasteiger partial charge in [-0.05, 0) is 17.5 Å². The van der Waals surface area contributed by atoms with Gasteiger partial charge in [0.15, 0.2) is 0 Å². The van der Waals surface area contributed by atoms with E-state index in [0.29, 0.717) is 11.4 Å². The summed E-state index contributed by atoms with van der Waals surface area (Å²) in [5.74, 6) is -0.0595. The molecule has 0 amide bonds. The molecule has 18 heavy (non-hydrogen) atoms. The molecule has 0 saturated heterocycles. The topological polar surface area (TPSA) is 51.5 Å². The van der Waals surface area contributed by atoms with Crippen LogP contribution >= 0.6 is 0 Å². The van der Waals surface area contributed by atoms with Crippen LogP contribution in [0.5, 0.6) is 5.75 Å². The van der Waals surface area contributed by atoms with Crippen molar-refractivity contribution < 1.29 is 14.6 Å². The van der Waals surface area contributed by atoms with E-state index in [1.165, 1.54) is 0 Å². The molecule has 96 valence electrons. The zero-order valence-electron chi connectivity index (χ0n) is 11.0. The van der Waals surface area contributed by atoms with Crippen molar-refractivity contribution in [2.75, 3.05) is 7.11 Å². The molecule has 4 heteroatoms. The molecule has 0 aliphatic rings. The largest absolute Gasteiger partial charge is 0.495 e. The second kappa shape index (κ2) is 4.37. The minimum absolute atomic E-state index is 0.145. The lowest BCUT2D eigenvalue weighted by molar-refractivity contribution is 0.0685. The molecule has 0 fully saturated rings. The van der Waals surface area contributed by atoms with Gasteiger partial charge in [-0.3, -0.25) is 0 Å². The molecule has 0 radical (unpaired) electrons. The number of hydrogen-bond donors (Lipinski definition) is 1. The minimum Gasteiger partial charge on any atom is -0.495 e. The number of carboxylic acid groups (broad SMARTS) is 1. The van der Waals surface area contributed by atoms with Crippen molar-refractivity contribution in [3.05, 3.63) is 29.5 Å². The number of benzene rings is 1. The second-order valence-electron chi connectivity index (χ2n) is 4.64. The summed E-state index contributed by atoms with van der Waals surface area (Å²) in [5, 5.41) is 10.3. The Morgan fingerprint density at radius 2 is 2.06 bits per heavy atom. The van der Waals surface area contributed by atoms with Crippen molar-refractivity contribution in [1.29, 1.82) is 0 Å². The zero-order chi connectivity index (χ0) is 13.4. The number of nitrogens with zero attached hydrogens (tertiary/aromatic N) is 1. The first-order chi connectivity index (χ1) is 8.49. The van der Waals surface area contributed by atoms with E-state index < -0.39 is 5.97 Å². The molecule has 0 bridgehead atoms. The number of fused-ring (bicyclic) bond motifs is 1. The van der Waals surface area contributed by atoms with Gasteiger partial charge in [0.05, 0.1) is 12.6 Å². The first-order valence-corrected chi connectivity index (χ1v) is 5.87. The van der Waals surface area contributed by atoms with Crippen LogP contribution in [0.4, 0.5) is 0 Å². The zero-order valence-corrected chi connectivity index (χ0v) is 11.0. The lowest BCUT2D eigenvalue weighted by Gasteiger charge is -2.05. The fourth-order valence-corrected chi connectivity index (χ4v) is 2.51. The highest BCUT2D eigenvalue weighted by Gasteiger charge is 2.24. The van der Waals surface area contributed by atoms with Crippen molar-refractivity contribution in [2.24, 2.45) is 7.05 Å². The Morgan fingerprint density at radius 3 is 2.56 bits per heavy atom. The molecule has 1 heterocycles. The molecule has 1 aromatic carbocycles. The van der Waals surface area contributed by atoms with Crippen LogP contribution in [0.25, 0.3) is 10.9 Å². The van der Waals surface area contributed by atoms with Gasteiger partial charge in [0.1, 0.15) is 11.4 Å². The fraction of sp³-hybridized carbons (Fsp3) is 0.357. The highest BCUT2D eigenvalue weighted by Crippen LogP contribution is 2.35. The van der Waals surface area contributed by atoms with Gasteiger partial charge in [-0.2, -0.15) is 0 Å². The maximum absolute atomic E-state index is 11.5. The normalized spacial score (nSPS) is 11.2. The lowest BCUT2D eigenvalue weighted by Crippen LogP contribution is -2.08. The third-order valence-corrected chi connectivity index (χ3v) is 3.21. The van der Waals surface area contributed by atoms with Gasteiger partial charge in [-0.15, -0.1) is 0 Å².